The standard InChI is InChI=1S/C21H25NO4S/c1-3-26-21(23)13-17-9-5-6-10-18-14-22(15-19(18)12-17)27(24,25)20-11-7-4-8-16(20)2/h4,6-8,10-13,18H,3,5,9,14-15H2,1-2H3/b10-6-,17-13+,19-12-. The SMILES string of the molecule is CCOC(=O)/C=C1/C=C2/CN(S(=O)(=O)c3ccccc3C)CC2/C=C\CC1. The highest BCUT2D eigenvalue weighted by Crippen LogP contribution is 2.32. The minimum Gasteiger partial charge on any atom is -0.463 e. The fraction of sp³-hybridized carbons (Fsp3) is 0.381. The highest BCUT2D eigenvalue weighted by Gasteiger charge is 2.35. The Labute approximate surface area is 161 Å². The molecule has 2 aliphatic rings. The van der Waals surface area contributed by atoms with Gasteiger partial charge in [0.05, 0.1) is 11.5 Å². The Morgan fingerprint density at radius 3 is 2.85 bits per heavy atom. The minimum atomic E-state index is -3.55. The fourth-order valence-electron chi connectivity index (χ4n) is 3.50. The molecule has 1 fully saturated rings. The Kier molecular flexibility index (Phi) is 5.97. The molecule has 0 amide bonds. The lowest BCUT2D eigenvalue weighted by atomic mass is 9.94. The van der Waals surface area contributed by atoms with Crippen LogP contribution in [0.5, 0.6) is 0 Å². The summed E-state index contributed by atoms with van der Waals surface area (Å²) in [6.45, 7) is 4.68. The van der Waals surface area contributed by atoms with Crippen molar-refractivity contribution in [1.29, 1.82) is 0 Å². The average Bonchev–Trinajstić information content (AvgIpc) is 2.99. The van der Waals surface area contributed by atoms with E-state index >= 15 is 0 Å². The van der Waals surface area contributed by atoms with Crippen LogP contribution < -0.4 is 0 Å². The van der Waals surface area contributed by atoms with Crippen LogP contribution in [-0.2, 0) is 19.6 Å². The maximum absolute atomic E-state index is 13.1. The number of rotatable bonds is 4. The molecule has 1 aliphatic carbocycles. The number of sulfonamides is 1. The number of carbonyl (C=O) groups is 1. The topological polar surface area (TPSA) is 63.7 Å². The number of hydrogen-bond acceptors (Lipinski definition) is 4. The Hall–Kier alpha value is -2.18. The van der Waals surface area contributed by atoms with Crippen molar-refractivity contribution in [1.82, 2.24) is 4.31 Å². The van der Waals surface area contributed by atoms with Gasteiger partial charge in [-0.25, -0.2) is 13.2 Å². The van der Waals surface area contributed by atoms with Crippen LogP contribution in [0.2, 0.25) is 0 Å². The number of esters is 1. The molecule has 144 valence electrons. The van der Waals surface area contributed by atoms with Gasteiger partial charge in [-0.1, -0.05) is 36.4 Å². The summed E-state index contributed by atoms with van der Waals surface area (Å²) in [5, 5.41) is 0. The zero-order valence-electron chi connectivity index (χ0n) is 15.7. The van der Waals surface area contributed by atoms with Gasteiger partial charge in [-0.3, -0.25) is 0 Å². The van der Waals surface area contributed by atoms with Crippen molar-refractivity contribution < 1.29 is 17.9 Å². The zero-order valence-corrected chi connectivity index (χ0v) is 16.5. The molecule has 3 rings (SSSR count). The van der Waals surface area contributed by atoms with Gasteiger partial charge in [-0.2, -0.15) is 4.31 Å². The van der Waals surface area contributed by atoms with Gasteiger partial charge in [-0.05, 0) is 49.5 Å². The summed E-state index contributed by atoms with van der Waals surface area (Å²) in [6.07, 6.45) is 9.19. The maximum atomic E-state index is 13.1. The third kappa shape index (κ3) is 4.39. The first-order valence-corrected chi connectivity index (χ1v) is 10.7. The van der Waals surface area contributed by atoms with Crippen molar-refractivity contribution in [2.45, 2.75) is 31.6 Å². The number of hydrogen-bond donors (Lipinski definition) is 0. The van der Waals surface area contributed by atoms with Gasteiger partial charge >= 0.3 is 5.97 Å². The van der Waals surface area contributed by atoms with Gasteiger partial charge in [0.1, 0.15) is 0 Å². The minimum absolute atomic E-state index is 0.0367. The van der Waals surface area contributed by atoms with Gasteiger partial charge in [0.15, 0.2) is 0 Å². The van der Waals surface area contributed by atoms with Crippen LogP contribution in [0, 0.1) is 12.8 Å². The molecule has 1 aromatic carbocycles. The number of ether oxygens (including phenoxy) is 1. The van der Waals surface area contributed by atoms with Crippen LogP contribution in [0.15, 0.2) is 64.6 Å². The van der Waals surface area contributed by atoms with Crippen molar-refractivity contribution in [2.24, 2.45) is 5.92 Å². The summed E-state index contributed by atoms with van der Waals surface area (Å²) in [7, 11) is -3.55. The van der Waals surface area contributed by atoms with Gasteiger partial charge in [0.25, 0.3) is 0 Å². The summed E-state index contributed by atoms with van der Waals surface area (Å²) in [4.78, 5) is 12.1. The van der Waals surface area contributed by atoms with Crippen molar-refractivity contribution >= 4 is 16.0 Å². The fourth-order valence-corrected chi connectivity index (χ4v) is 5.18. The normalized spacial score (nSPS) is 25.2. The monoisotopic (exact) mass is 387 g/mol. The van der Waals surface area contributed by atoms with E-state index in [0.717, 1.165) is 29.6 Å². The number of benzene rings is 1. The predicted octanol–water partition coefficient (Wildman–Crippen LogP) is 3.38. The first-order valence-electron chi connectivity index (χ1n) is 9.22. The number of aryl methyl sites for hydroxylation is 1. The summed E-state index contributed by atoms with van der Waals surface area (Å²) in [5.41, 5.74) is 2.64. The van der Waals surface area contributed by atoms with Crippen molar-refractivity contribution in [3.05, 3.63) is 65.3 Å². The van der Waals surface area contributed by atoms with Gasteiger partial charge < -0.3 is 4.74 Å². The summed E-state index contributed by atoms with van der Waals surface area (Å²) >= 11 is 0. The lowest BCUT2D eigenvalue weighted by molar-refractivity contribution is -0.137. The van der Waals surface area contributed by atoms with E-state index in [9.17, 15) is 13.2 Å². The molecule has 0 bridgehead atoms. The highest BCUT2D eigenvalue weighted by atomic mass is 32.2. The molecular formula is C21H25NO4S. The highest BCUT2D eigenvalue weighted by molar-refractivity contribution is 7.89. The van der Waals surface area contributed by atoms with Crippen LogP contribution in [0.4, 0.5) is 0 Å². The van der Waals surface area contributed by atoms with Crippen LogP contribution in [0.25, 0.3) is 0 Å². The quantitative estimate of drug-likeness (QED) is 0.451. The van der Waals surface area contributed by atoms with E-state index in [1.807, 2.05) is 25.1 Å². The molecule has 6 heteroatoms. The summed E-state index contributed by atoms with van der Waals surface area (Å²) < 4.78 is 32.7. The van der Waals surface area contributed by atoms with Crippen molar-refractivity contribution in [3.8, 4) is 0 Å². The van der Waals surface area contributed by atoms with E-state index < -0.39 is 10.0 Å². The van der Waals surface area contributed by atoms with Crippen LogP contribution in [0.1, 0.15) is 25.3 Å². The van der Waals surface area contributed by atoms with Crippen molar-refractivity contribution in [3.63, 3.8) is 0 Å². The molecule has 5 nitrogen and oxygen atoms in total. The Morgan fingerprint density at radius 1 is 1.33 bits per heavy atom. The first-order chi connectivity index (χ1) is 12.9. The van der Waals surface area contributed by atoms with Gasteiger partial charge in [-0.15, -0.1) is 0 Å². The molecule has 0 aromatic heterocycles. The lowest BCUT2D eigenvalue weighted by Gasteiger charge is -2.17. The molecular weight excluding hydrogens is 362 g/mol. The van der Waals surface area contributed by atoms with Crippen LogP contribution in [0.3, 0.4) is 0 Å². The molecule has 0 spiro atoms. The number of fused-ring (bicyclic) bond motifs is 1. The maximum Gasteiger partial charge on any atom is 0.331 e. The Balaban J connectivity index is 1.89. The molecule has 1 aliphatic heterocycles. The molecule has 1 atom stereocenters. The molecule has 1 heterocycles. The summed E-state index contributed by atoms with van der Waals surface area (Å²) in [5.74, 6) is -0.317. The zero-order chi connectivity index (χ0) is 19.4. The van der Waals surface area contributed by atoms with Gasteiger partial charge in [0, 0.05) is 25.1 Å². The molecule has 0 radical (unpaired) electrons. The van der Waals surface area contributed by atoms with Crippen LogP contribution in [-0.4, -0.2) is 38.4 Å². The molecule has 1 aromatic rings. The number of nitrogens with zero attached hydrogens (tertiary/aromatic N) is 1. The third-order valence-electron chi connectivity index (χ3n) is 4.88. The van der Waals surface area contributed by atoms with E-state index in [4.69, 9.17) is 4.74 Å². The van der Waals surface area contributed by atoms with Gasteiger partial charge in [0.2, 0.25) is 10.0 Å². The second kappa shape index (κ2) is 8.23. The first kappa shape index (κ1) is 19.6. The van der Waals surface area contributed by atoms with E-state index in [1.165, 1.54) is 10.4 Å². The van der Waals surface area contributed by atoms with E-state index in [0.29, 0.717) is 24.6 Å². The summed E-state index contributed by atoms with van der Waals surface area (Å²) in [6, 6.07) is 7.05. The molecule has 27 heavy (non-hydrogen) atoms. The van der Waals surface area contributed by atoms with E-state index in [2.05, 4.69) is 12.2 Å². The third-order valence-corrected chi connectivity index (χ3v) is 6.85. The second-order valence-electron chi connectivity index (χ2n) is 6.83. The smallest absolute Gasteiger partial charge is 0.331 e. The second-order valence-corrected chi connectivity index (χ2v) is 8.73. The van der Waals surface area contributed by atoms with E-state index in [1.54, 1.807) is 19.1 Å². The predicted molar refractivity (Wildman–Crippen MR) is 105 cm³/mol. The van der Waals surface area contributed by atoms with E-state index in [-0.39, 0.29) is 11.9 Å². The Morgan fingerprint density at radius 2 is 2.11 bits per heavy atom. The number of carbonyl (C=O) groups excluding carboxylic acids is 1. The van der Waals surface area contributed by atoms with Crippen molar-refractivity contribution in [2.75, 3.05) is 19.7 Å². The largest absolute Gasteiger partial charge is 0.463 e. The molecule has 0 N–H and O–H groups in total. The molecule has 1 saturated heterocycles. The Bertz CT molecular complexity index is 912. The lowest BCUT2D eigenvalue weighted by Crippen LogP contribution is -2.29. The molecule has 0 saturated carbocycles. The number of allylic oxidation sites excluding steroid dienone is 3. The average molecular weight is 388 g/mol. The molecule has 1 unspecified atom stereocenters. The van der Waals surface area contributed by atoms with Crippen LogP contribution >= 0.6 is 0 Å².